The Bertz CT molecular complexity index is 817. The summed E-state index contributed by atoms with van der Waals surface area (Å²) in [7, 11) is 3.50. The zero-order chi connectivity index (χ0) is 17.6. The third kappa shape index (κ3) is 4.20. The van der Waals surface area contributed by atoms with Gasteiger partial charge in [-0.05, 0) is 5.56 Å². The van der Waals surface area contributed by atoms with Crippen LogP contribution in [0.25, 0.3) is 5.82 Å². The third-order valence-corrected chi connectivity index (χ3v) is 3.77. The number of amides is 1. The SMILES string of the molecule is CN(C)C(=O)[C@H](Cc1ccccc1)Nc1cc(-n2ccnc2)ncn1. The monoisotopic (exact) mass is 336 g/mol. The Morgan fingerprint density at radius 1 is 1.24 bits per heavy atom. The van der Waals surface area contributed by atoms with Crippen LogP contribution in [-0.2, 0) is 11.2 Å². The second-order valence-corrected chi connectivity index (χ2v) is 5.85. The number of carbonyl (C=O) groups excluding carboxylic acids is 1. The molecule has 7 heteroatoms. The van der Waals surface area contributed by atoms with Crippen LogP contribution in [0.5, 0.6) is 0 Å². The Balaban J connectivity index is 1.82. The fourth-order valence-electron chi connectivity index (χ4n) is 2.50. The van der Waals surface area contributed by atoms with Crippen molar-refractivity contribution >= 4 is 11.7 Å². The van der Waals surface area contributed by atoms with Gasteiger partial charge in [0, 0.05) is 39.0 Å². The van der Waals surface area contributed by atoms with Gasteiger partial charge in [-0.2, -0.15) is 0 Å². The molecule has 0 saturated heterocycles. The molecule has 0 aliphatic carbocycles. The van der Waals surface area contributed by atoms with Crippen molar-refractivity contribution in [3.63, 3.8) is 0 Å². The van der Waals surface area contributed by atoms with Crippen molar-refractivity contribution < 1.29 is 4.79 Å². The molecule has 0 unspecified atom stereocenters. The highest BCUT2D eigenvalue weighted by Crippen LogP contribution is 2.13. The Morgan fingerprint density at radius 2 is 2.04 bits per heavy atom. The molecule has 3 rings (SSSR count). The van der Waals surface area contributed by atoms with Gasteiger partial charge in [-0.25, -0.2) is 15.0 Å². The Morgan fingerprint density at radius 3 is 2.72 bits per heavy atom. The van der Waals surface area contributed by atoms with Gasteiger partial charge in [-0.15, -0.1) is 0 Å². The summed E-state index contributed by atoms with van der Waals surface area (Å²) < 4.78 is 1.78. The predicted octanol–water partition coefficient (Wildman–Crippen LogP) is 1.77. The highest BCUT2D eigenvalue weighted by atomic mass is 16.2. The van der Waals surface area contributed by atoms with E-state index < -0.39 is 6.04 Å². The number of hydrogen-bond acceptors (Lipinski definition) is 5. The summed E-state index contributed by atoms with van der Waals surface area (Å²) in [5, 5.41) is 3.23. The molecule has 1 amide bonds. The normalized spacial score (nSPS) is 11.8. The van der Waals surface area contributed by atoms with Crippen molar-refractivity contribution in [2.75, 3.05) is 19.4 Å². The van der Waals surface area contributed by atoms with E-state index in [0.29, 0.717) is 18.1 Å². The molecule has 25 heavy (non-hydrogen) atoms. The Labute approximate surface area is 146 Å². The number of anilines is 1. The van der Waals surface area contributed by atoms with E-state index in [9.17, 15) is 4.79 Å². The zero-order valence-corrected chi connectivity index (χ0v) is 14.2. The Kier molecular flexibility index (Phi) is 5.03. The summed E-state index contributed by atoms with van der Waals surface area (Å²) in [5.74, 6) is 1.27. The standard InChI is InChI=1S/C18H20N6O/c1-23(2)18(25)15(10-14-6-4-3-5-7-14)22-16-11-17(21-12-20-16)24-9-8-19-13-24/h3-9,11-13,15H,10H2,1-2H3,(H,20,21,22)/t15-/m0/s1. The van der Waals surface area contributed by atoms with Crippen LogP contribution in [0.15, 0.2) is 61.4 Å². The molecule has 0 radical (unpaired) electrons. The average molecular weight is 336 g/mol. The minimum atomic E-state index is -0.414. The molecular weight excluding hydrogens is 316 g/mol. The highest BCUT2D eigenvalue weighted by molar-refractivity contribution is 5.84. The quantitative estimate of drug-likeness (QED) is 0.742. The lowest BCUT2D eigenvalue weighted by Gasteiger charge is -2.22. The maximum absolute atomic E-state index is 12.6. The van der Waals surface area contributed by atoms with Gasteiger partial charge in [0.1, 0.15) is 30.3 Å². The van der Waals surface area contributed by atoms with E-state index in [-0.39, 0.29) is 5.91 Å². The van der Waals surface area contributed by atoms with Gasteiger partial charge < -0.3 is 10.2 Å². The van der Waals surface area contributed by atoms with E-state index in [1.54, 1.807) is 48.3 Å². The molecule has 0 spiro atoms. The molecule has 0 bridgehead atoms. The number of benzene rings is 1. The van der Waals surface area contributed by atoms with Crippen molar-refractivity contribution in [3.8, 4) is 5.82 Å². The van der Waals surface area contributed by atoms with Gasteiger partial charge in [0.05, 0.1) is 0 Å². The van der Waals surface area contributed by atoms with Crippen LogP contribution in [0.2, 0.25) is 0 Å². The molecule has 1 atom stereocenters. The second-order valence-electron chi connectivity index (χ2n) is 5.85. The van der Waals surface area contributed by atoms with E-state index in [0.717, 1.165) is 5.56 Å². The van der Waals surface area contributed by atoms with Crippen molar-refractivity contribution in [1.29, 1.82) is 0 Å². The van der Waals surface area contributed by atoms with Gasteiger partial charge in [0.15, 0.2) is 0 Å². The topological polar surface area (TPSA) is 75.9 Å². The summed E-state index contributed by atoms with van der Waals surface area (Å²) in [4.78, 5) is 26.6. The molecule has 0 saturated carbocycles. The number of imidazole rings is 1. The number of nitrogens with one attached hydrogen (secondary N) is 1. The summed E-state index contributed by atoms with van der Waals surface area (Å²) in [5.41, 5.74) is 1.08. The number of aromatic nitrogens is 4. The van der Waals surface area contributed by atoms with Gasteiger partial charge in [0.25, 0.3) is 0 Å². The van der Waals surface area contributed by atoms with Crippen LogP contribution >= 0.6 is 0 Å². The molecule has 0 aliphatic rings. The maximum atomic E-state index is 12.6. The van der Waals surface area contributed by atoms with Gasteiger partial charge in [-0.1, -0.05) is 30.3 Å². The van der Waals surface area contributed by atoms with Crippen molar-refractivity contribution in [2.45, 2.75) is 12.5 Å². The Hall–Kier alpha value is -3.22. The average Bonchev–Trinajstić information content (AvgIpc) is 3.16. The third-order valence-electron chi connectivity index (χ3n) is 3.77. The van der Waals surface area contributed by atoms with E-state index in [1.807, 2.05) is 30.3 Å². The maximum Gasteiger partial charge on any atom is 0.244 e. The summed E-state index contributed by atoms with van der Waals surface area (Å²) in [6.07, 6.45) is 7.19. The van der Waals surface area contributed by atoms with E-state index in [4.69, 9.17) is 0 Å². The van der Waals surface area contributed by atoms with Crippen LogP contribution in [0.3, 0.4) is 0 Å². The molecule has 0 aliphatic heterocycles. The summed E-state index contributed by atoms with van der Waals surface area (Å²) in [6, 6.07) is 11.3. The molecule has 1 N–H and O–H groups in total. The number of nitrogens with zero attached hydrogens (tertiary/aromatic N) is 5. The van der Waals surface area contributed by atoms with Crippen LogP contribution in [0.4, 0.5) is 5.82 Å². The summed E-state index contributed by atoms with van der Waals surface area (Å²) in [6.45, 7) is 0. The van der Waals surface area contributed by atoms with Crippen molar-refractivity contribution in [1.82, 2.24) is 24.4 Å². The van der Waals surface area contributed by atoms with E-state index in [2.05, 4.69) is 20.3 Å². The van der Waals surface area contributed by atoms with E-state index >= 15 is 0 Å². The van der Waals surface area contributed by atoms with Gasteiger partial charge in [-0.3, -0.25) is 9.36 Å². The lowest BCUT2D eigenvalue weighted by Crippen LogP contribution is -2.40. The first-order valence-electron chi connectivity index (χ1n) is 7.95. The van der Waals surface area contributed by atoms with Crippen LogP contribution in [-0.4, -0.2) is 50.5 Å². The fraction of sp³-hybridized carbons (Fsp3) is 0.222. The van der Waals surface area contributed by atoms with Crippen LogP contribution < -0.4 is 5.32 Å². The van der Waals surface area contributed by atoms with Gasteiger partial charge >= 0.3 is 0 Å². The molecule has 1 aromatic carbocycles. The molecule has 7 nitrogen and oxygen atoms in total. The number of rotatable bonds is 6. The predicted molar refractivity (Wildman–Crippen MR) is 95.4 cm³/mol. The molecule has 128 valence electrons. The highest BCUT2D eigenvalue weighted by Gasteiger charge is 2.21. The second kappa shape index (κ2) is 7.57. The number of likely N-dealkylation sites (N-methyl/N-ethyl adjacent to an activating group) is 1. The molecule has 2 heterocycles. The minimum absolute atomic E-state index is 0.00774. The van der Waals surface area contributed by atoms with Crippen molar-refractivity contribution in [2.24, 2.45) is 0 Å². The smallest absolute Gasteiger partial charge is 0.244 e. The van der Waals surface area contributed by atoms with Crippen LogP contribution in [0.1, 0.15) is 5.56 Å². The lowest BCUT2D eigenvalue weighted by atomic mass is 10.0. The largest absolute Gasteiger partial charge is 0.358 e. The van der Waals surface area contributed by atoms with Crippen molar-refractivity contribution in [3.05, 3.63) is 67.0 Å². The minimum Gasteiger partial charge on any atom is -0.358 e. The van der Waals surface area contributed by atoms with Crippen LogP contribution in [0, 0.1) is 0 Å². The first-order valence-corrected chi connectivity index (χ1v) is 7.95. The van der Waals surface area contributed by atoms with E-state index in [1.165, 1.54) is 6.33 Å². The first kappa shape index (κ1) is 16.6. The summed E-state index contributed by atoms with van der Waals surface area (Å²) >= 11 is 0. The molecule has 0 fully saturated rings. The fourth-order valence-corrected chi connectivity index (χ4v) is 2.50. The molecular formula is C18H20N6O. The first-order chi connectivity index (χ1) is 12.1. The van der Waals surface area contributed by atoms with Gasteiger partial charge in [0.2, 0.25) is 5.91 Å². The lowest BCUT2D eigenvalue weighted by molar-refractivity contribution is -0.129. The number of hydrogen-bond donors (Lipinski definition) is 1. The number of carbonyl (C=O) groups is 1. The molecule has 2 aromatic heterocycles. The molecule has 3 aromatic rings. The zero-order valence-electron chi connectivity index (χ0n) is 14.2.